The first-order chi connectivity index (χ1) is 30.7. The highest BCUT2D eigenvalue weighted by Crippen LogP contribution is 2.33. The average molecular weight is 872 g/mol. The zero-order chi connectivity index (χ0) is 44.0. The molecule has 1 saturated carbocycles. The number of nitrogens with one attached hydrogen (secondary N) is 5. The van der Waals surface area contributed by atoms with E-state index in [0.717, 1.165) is 28.6 Å². The molecule has 0 radical (unpaired) electrons. The van der Waals surface area contributed by atoms with Gasteiger partial charge in [0.15, 0.2) is 0 Å². The lowest BCUT2D eigenvalue weighted by molar-refractivity contribution is -0.136. The van der Waals surface area contributed by atoms with Crippen LogP contribution in [0.15, 0.2) is 61.1 Å². The van der Waals surface area contributed by atoms with Crippen molar-refractivity contribution in [1.29, 1.82) is 0 Å². The van der Waals surface area contributed by atoms with Crippen molar-refractivity contribution in [3.8, 4) is 0 Å². The number of alkyl halides is 1. The Hall–Kier alpha value is -6.19. The Kier molecular flexibility index (Phi) is 15.8. The van der Waals surface area contributed by atoms with Crippen LogP contribution in [0.1, 0.15) is 56.8 Å². The number of imide groups is 2. The molecule has 1 saturated heterocycles. The highest BCUT2D eigenvalue weighted by atomic mass is 19.1. The fourth-order valence-electron chi connectivity index (χ4n) is 6.81. The van der Waals surface area contributed by atoms with Crippen molar-refractivity contribution in [3.05, 3.63) is 77.7 Å². The van der Waals surface area contributed by atoms with E-state index in [1.807, 2.05) is 18.2 Å². The summed E-state index contributed by atoms with van der Waals surface area (Å²) < 4.78 is 42.1. The van der Waals surface area contributed by atoms with Crippen LogP contribution in [0.4, 0.5) is 27.4 Å². The first kappa shape index (κ1) is 44.9. The molecule has 63 heavy (non-hydrogen) atoms. The predicted octanol–water partition coefficient (Wildman–Crippen LogP) is 3.01. The molecule has 0 spiro atoms. The van der Waals surface area contributed by atoms with Crippen LogP contribution in [0, 0.1) is 0 Å². The number of amides is 5. The maximum Gasteiger partial charge on any atom is 0.264 e. The van der Waals surface area contributed by atoms with Gasteiger partial charge in [-0.1, -0.05) is 6.07 Å². The standard InChI is InChI=1S/C43H50FN9O10/c44-28(24-48-40(55)31-25-47-37(22-34(31)49-29-5-6-29)51-36-8-4-27-23-45-11-10-32(27)50-36)26-63-21-20-62-19-18-61-17-16-60-15-14-59-13-12-46-33-3-1-2-30-39(33)43(58)53(42(30)57)35-7-9-38(54)52-41(35)56/h1-4,8,10-11,22-23,25,28-29,35,46H,5-7,9,12-21,24,26H2,(H,48,55)(H,52,54,56)(H2,47,49,50,51). The van der Waals surface area contributed by atoms with E-state index < -0.39 is 41.7 Å². The Morgan fingerprint density at radius 2 is 1.56 bits per heavy atom. The van der Waals surface area contributed by atoms with Gasteiger partial charge < -0.3 is 45.0 Å². The molecule has 2 fully saturated rings. The number of anilines is 4. The van der Waals surface area contributed by atoms with Crippen molar-refractivity contribution in [1.82, 2.24) is 30.5 Å². The molecule has 2 aliphatic heterocycles. The lowest BCUT2D eigenvalue weighted by Crippen LogP contribution is -2.54. The molecule has 4 aromatic rings. The first-order valence-electron chi connectivity index (χ1n) is 20.9. The Bertz CT molecular complexity index is 2260. The third-order valence-electron chi connectivity index (χ3n) is 10.1. The molecule has 19 nitrogen and oxygen atoms in total. The van der Waals surface area contributed by atoms with E-state index in [9.17, 15) is 28.4 Å². The van der Waals surface area contributed by atoms with Crippen LogP contribution in [-0.4, -0.2) is 147 Å². The summed E-state index contributed by atoms with van der Waals surface area (Å²) in [6.45, 7) is 2.72. The maximum absolute atomic E-state index is 14.6. The number of nitrogens with zero attached hydrogens (tertiary/aromatic N) is 4. The number of piperidine rings is 1. The number of fused-ring (bicyclic) bond motifs is 2. The SMILES string of the molecule is O=C1CCC(N2C(=O)c3cccc(NCCOCCOCCOCCOCCOCC(F)CNC(=O)c4cnc(Nc5ccc6cnccc6n5)cc4NC4CC4)c3C2=O)C(=O)N1. The van der Waals surface area contributed by atoms with Gasteiger partial charge in [-0.15, -0.1) is 0 Å². The van der Waals surface area contributed by atoms with Gasteiger partial charge >= 0.3 is 0 Å². The van der Waals surface area contributed by atoms with Crippen LogP contribution in [0.5, 0.6) is 0 Å². The van der Waals surface area contributed by atoms with Gasteiger partial charge in [0.05, 0.1) is 101 Å². The molecule has 3 aromatic heterocycles. The van der Waals surface area contributed by atoms with Crippen LogP contribution >= 0.6 is 0 Å². The topological polar surface area (TPSA) is 234 Å². The quantitative estimate of drug-likeness (QED) is 0.0451. The third-order valence-corrected chi connectivity index (χ3v) is 10.1. The second kappa shape index (κ2) is 22.2. The summed E-state index contributed by atoms with van der Waals surface area (Å²) in [5.74, 6) is -1.57. The van der Waals surface area contributed by atoms with Crippen LogP contribution in [0.2, 0.25) is 0 Å². The number of hydrogen-bond acceptors (Lipinski definition) is 16. The van der Waals surface area contributed by atoms with Gasteiger partial charge in [-0.05, 0) is 49.6 Å². The summed E-state index contributed by atoms with van der Waals surface area (Å²) in [7, 11) is 0. The number of aromatic nitrogens is 3. The molecule has 7 rings (SSSR count). The van der Waals surface area contributed by atoms with E-state index in [1.54, 1.807) is 30.6 Å². The van der Waals surface area contributed by atoms with Crippen LogP contribution < -0.4 is 26.6 Å². The fraction of sp³-hybridized carbons (Fsp3) is 0.442. The molecule has 3 aliphatic rings. The second-order valence-electron chi connectivity index (χ2n) is 14.9. The maximum atomic E-state index is 14.6. The number of carbonyl (C=O) groups is 5. The van der Waals surface area contributed by atoms with Gasteiger partial charge in [0.25, 0.3) is 17.7 Å². The van der Waals surface area contributed by atoms with E-state index in [1.165, 1.54) is 12.3 Å². The van der Waals surface area contributed by atoms with E-state index in [2.05, 4.69) is 41.5 Å². The minimum Gasteiger partial charge on any atom is -0.382 e. The van der Waals surface area contributed by atoms with Crippen molar-refractivity contribution in [2.24, 2.45) is 0 Å². The van der Waals surface area contributed by atoms with Gasteiger partial charge in [-0.25, -0.2) is 14.4 Å². The van der Waals surface area contributed by atoms with Gasteiger partial charge in [0, 0.05) is 54.7 Å². The lowest BCUT2D eigenvalue weighted by atomic mass is 10.0. The van der Waals surface area contributed by atoms with Crippen molar-refractivity contribution >= 4 is 63.4 Å². The molecular formula is C43H50FN9O10. The van der Waals surface area contributed by atoms with E-state index in [0.29, 0.717) is 81.4 Å². The van der Waals surface area contributed by atoms with Crippen molar-refractivity contribution in [2.75, 3.05) is 95.1 Å². The number of carbonyl (C=O) groups excluding carboxylic acids is 5. The third kappa shape index (κ3) is 12.5. The molecule has 334 valence electrons. The number of pyridine rings is 3. The van der Waals surface area contributed by atoms with Crippen LogP contribution in [0.25, 0.3) is 10.9 Å². The smallest absolute Gasteiger partial charge is 0.264 e. The molecule has 2 atom stereocenters. The van der Waals surface area contributed by atoms with Crippen LogP contribution in [0.3, 0.4) is 0 Å². The average Bonchev–Trinajstić information content (AvgIpc) is 4.07. The summed E-state index contributed by atoms with van der Waals surface area (Å²) in [6, 6.07) is 11.4. The Balaban J connectivity index is 0.680. The molecule has 5 heterocycles. The minimum absolute atomic E-state index is 0.0506. The molecule has 1 aliphatic carbocycles. The molecule has 0 bridgehead atoms. The molecular weight excluding hydrogens is 822 g/mol. The Labute approximate surface area is 362 Å². The monoisotopic (exact) mass is 871 g/mol. The highest BCUT2D eigenvalue weighted by Gasteiger charge is 2.45. The number of benzene rings is 1. The zero-order valence-electron chi connectivity index (χ0n) is 34.6. The van der Waals surface area contributed by atoms with Gasteiger partial charge in [0.1, 0.15) is 23.8 Å². The molecule has 5 amide bonds. The van der Waals surface area contributed by atoms with Crippen molar-refractivity contribution in [2.45, 2.75) is 43.9 Å². The van der Waals surface area contributed by atoms with Gasteiger partial charge in [-0.3, -0.25) is 39.2 Å². The van der Waals surface area contributed by atoms with Gasteiger partial charge in [0.2, 0.25) is 11.8 Å². The van der Waals surface area contributed by atoms with E-state index in [4.69, 9.17) is 23.7 Å². The molecule has 2 unspecified atom stereocenters. The summed E-state index contributed by atoms with van der Waals surface area (Å²) in [4.78, 5) is 77.1. The Morgan fingerprint density at radius 1 is 0.825 bits per heavy atom. The zero-order valence-corrected chi connectivity index (χ0v) is 34.6. The minimum atomic E-state index is -1.42. The highest BCUT2D eigenvalue weighted by molar-refractivity contribution is 6.25. The summed E-state index contributed by atoms with van der Waals surface area (Å²) in [6.07, 6.45) is 5.60. The second-order valence-corrected chi connectivity index (χ2v) is 14.9. The molecule has 5 N–H and O–H groups in total. The summed E-state index contributed by atoms with van der Waals surface area (Å²) in [5, 5.41) is 15.4. The number of ether oxygens (including phenoxy) is 5. The van der Waals surface area contributed by atoms with Crippen molar-refractivity contribution < 1.29 is 52.0 Å². The lowest BCUT2D eigenvalue weighted by Gasteiger charge is -2.27. The Morgan fingerprint density at radius 3 is 2.29 bits per heavy atom. The summed E-state index contributed by atoms with van der Waals surface area (Å²) in [5.41, 5.74) is 2.55. The normalized spacial score (nSPS) is 16.5. The predicted molar refractivity (Wildman–Crippen MR) is 227 cm³/mol. The summed E-state index contributed by atoms with van der Waals surface area (Å²) >= 11 is 0. The first-order valence-corrected chi connectivity index (χ1v) is 20.9. The van der Waals surface area contributed by atoms with E-state index in [-0.39, 0.29) is 56.4 Å². The van der Waals surface area contributed by atoms with E-state index >= 15 is 0 Å². The number of rotatable bonds is 26. The molecule has 1 aromatic carbocycles. The van der Waals surface area contributed by atoms with Crippen molar-refractivity contribution in [3.63, 3.8) is 0 Å². The number of halogens is 1. The molecule has 20 heteroatoms. The van der Waals surface area contributed by atoms with Crippen LogP contribution in [-0.2, 0) is 33.3 Å². The fourth-order valence-corrected chi connectivity index (χ4v) is 6.81. The number of hydrogen-bond donors (Lipinski definition) is 5. The van der Waals surface area contributed by atoms with Gasteiger partial charge in [-0.2, -0.15) is 0 Å². The largest absolute Gasteiger partial charge is 0.382 e.